The molecule has 20 heavy (non-hydrogen) atoms. The number of hydrazone groups is 2. The van der Waals surface area contributed by atoms with E-state index in [0.717, 1.165) is 0 Å². The topological polar surface area (TPSA) is 114 Å². The van der Waals surface area contributed by atoms with Gasteiger partial charge in [0, 0.05) is 0 Å². The van der Waals surface area contributed by atoms with Gasteiger partial charge in [0.25, 0.3) is 0 Å². The Morgan fingerprint density at radius 1 is 1.00 bits per heavy atom. The zero-order valence-corrected chi connectivity index (χ0v) is 12.7. The van der Waals surface area contributed by atoms with Crippen molar-refractivity contribution in [2.75, 3.05) is 0 Å². The molecule has 106 valence electrons. The van der Waals surface area contributed by atoms with E-state index in [1.54, 1.807) is 13.8 Å². The highest BCUT2D eigenvalue weighted by atomic mass is 32.1. The van der Waals surface area contributed by atoms with E-state index in [2.05, 4.69) is 50.5 Å². The second-order valence-corrected chi connectivity index (χ2v) is 4.63. The molecule has 7 nitrogen and oxygen atoms in total. The summed E-state index contributed by atoms with van der Waals surface area (Å²) in [4.78, 5) is 4.42. The number of hydrogen-bond acceptors (Lipinski definition) is 5. The summed E-state index contributed by atoms with van der Waals surface area (Å²) in [5.41, 5.74) is 18.3. The van der Waals surface area contributed by atoms with Gasteiger partial charge in [0.05, 0.1) is 22.8 Å². The molecule has 0 saturated carbocycles. The molecule has 1 aromatic heterocycles. The fraction of sp³-hybridized carbons (Fsp3) is 0.182. The molecule has 9 heteroatoms. The molecule has 1 heterocycles. The summed E-state index contributed by atoms with van der Waals surface area (Å²) < 4.78 is 0. The fourth-order valence-electron chi connectivity index (χ4n) is 1.23. The maximum atomic E-state index is 5.31. The molecule has 6 N–H and O–H groups in total. The summed E-state index contributed by atoms with van der Waals surface area (Å²) in [6, 6.07) is 5.48. The lowest BCUT2D eigenvalue weighted by atomic mass is 10.2. The SMILES string of the molecule is C/C(=N/NC(N)=S)c1cccc(/C(C)=N/NC(N)=S)n1. The predicted molar refractivity (Wildman–Crippen MR) is 88.5 cm³/mol. The molecular formula is C11H15N7S2. The van der Waals surface area contributed by atoms with Crippen LogP contribution in [0.2, 0.25) is 0 Å². The normalized spacial score (nSPS) is 11.9. The van der Waals surface area contributed by atoms with Gasteiger partial charge in [0.2, 0.25) is 0 Å². The Labute approximate surface area is 127 Å². The van der Waals surface area contributed by atoms with E-state index in [1.165, 1.54) is 0 Å². The Balaban J connectivity index is 2.95. The molecule has 1 rings (SSSR count). The summed E-state index contributed by atoms with van der Waals surface area (Å²) in [6.07, 6.45) is 0. The third-order valence-electron chi connectivity index (χ3n) is 2.16. The van der Waals surface area contributed by atoms with Gasteiger partial charge in [-0.05, 0) is 50.4 Å². The largest absolute Gasteiger partial charge is 0.375 e. The molecule has 0 fully saturated rings. The number of aromatic nitrogens is 1. The number of thiocarbonyl (C=S) groups is 2. The van der Waals surface area contributed by atoms with Gasteiger partial charge < -0.3 is 11.5 Å². The van der Waals surface area contributed by atoms with Crippen LogP contribution in [0.3, 0.4) is 0 Å². The molecule has 0 saturated heterocycles. The van der Waals surface area contributed by atoms with Crippen molar-refractivity contribution < 1.29 is 0 Å². The third-order valence-corrected chi connectivity index (χ3v) is 2.34. The molecule has 0 amide bonds. The molecule has 0 aliphatic heterocycles. The van der Waals surface area contributed by atoms with Gasteiger partial charge in [0.15, 0.2) is 10.2 Å². The molecule has 1 aromatic rings. The molecule has 0 unspecified atom stereocenters. The quantitative estimate of drug-likeness (QED) is 0.357. The lowest BCUT2D eigenvalue weighted by Crippen LogP contribution is -2.26. The Kier molecular flexibility index (Phi) is 5.94. The maximum Gasteiger partial charge on any atom is 0.184 e. The van der Waals surface area contributed by atoms with Gasteiger partial charge in [-0.25, -0.2) is 4.98 Å². The van der Waals surface area contributed by atoms with E-state index in [-0.39, 0.29) is 10.2 Å². The minimum atomic E-state index is 0.0962. The van der Waals surface area contributed by atoms with Crippen LogP contribution in [-0.2, 0) is 0 Å². The second kappa shape index (κ2) is 7.46. The van der Waals surface area contributed by atoms with Crippen LogP contribution in [-0.4, -0.2) is 26.6 Å². The van der Waals surface area contributed by atoms with Crippen LogP contribution in [0.4, 0.5) is 0 Å². The molecule has 0 atom stereocenters. The van der Waals surface area contributed by atoms with Crippen molar-refractivity contribution in [1.29, 1.82) is 0 Å². The summed E-state index contributed by atoms with van der Waals surface area (Å²) in [5.74, 6) is 0. The molecule has 0 radical (unpaired) electrons. The van der Waals surface area contributed by atoms with Crippen molar-refractivity contribution in [3.8, 4) is 0 Å². The Morgan fingerprint density at radius 3 is 1.75 bits per heavy atom. The smallest absolute Gasteiger partial charge is 0.184 e. The first-order valence-corrected chi connectivity index (χ1v) is 6.39. The summed E-state index contributed by atoms with van der Waals surface area (Å²) >= 11 is 9.36. The van der Waals surface area contributed by atoms with E-state index in [4.69, 9.17) is 11.5 Å². The van der Waals surface area contributed by atoms with Crippen LogP contribution in [0.15, 0.2) is 28.4 Å². The van der Waals surface area contributed by atoms with Crippen molar-refractivity contribution in [1.82, 2.24) is 15.8 Å². The highest BCUT2D eigenvalue weighted by molar-refractivity contribution is 7.80. The lowest BCUT2D eigenvalue weighted by Gasteiger charge is -2.05. The van der Waals surface area contributed by atoms with E-state index < -0.39 is 0 Å². The predicted octanol–water partition coefficient (Wildman–Crippen LogP) is 0.196. The Bertz CT molecular complexity index is 533. The van der Waals surface area contributed by atoms with Crippen molar-refractivity contribution in [2.45, 2.75) is 13.8 Å². The number of nitrogens with zero attached hydrogens (tertiary/aromatic N) is 3. The van der Waals surface area contributed by atoms with Crippen LogP contribution in [0.5, 0.6) is 0 Å². The minimum absolute atomic E-state index is 0.0962. The first-order chi connectivity index (χ1) is 9.40. The molecular weight excluding hydrogens is 294 g/mol. The van der Waals surface area contributed by atoms with E-state index in [1.807, 2.05) is 18.2 Å². The second-order valence-electron chi connectivity index (χ2n) is 3.75. The van der Waals surface area contributed by atoms with Crippen LogP contribution in [0.1, 0.15) is 25.2 Å². The van der Waals surface area contributed by atoms with Gasteiger partial charge in [-0.15, -0.1) is 0 Å². The maximum absolute atomic E-state index is 5.31. The van der Waals surface area contributed by atoms with Crippen molar-refractivity contribution in [3.63, 3.8) is 0 Å². The van der Waals surface area contributed by atoms with Gasteiger partial charge in [-0.2, -0.15) is 10.2 Å². The van der Waals surface area contributed by atoms with Crippen LogP contribution in [0, 0.1) is 0 Å². The molecule has 0 aromatic carbocycles. The van der Waals surface area contributed by atoms with Crippen LogP contribution in [0.25, 0.3) is 0 Å². The Morgan fingerprint density at radius 2 is 1.40 bits per heavy atom. The average molecular weight is 309 g/mol. The number of pyridine rings is 1. The first kappa shape index (κ1) is 15.9. The Hall–Kier alpha value is -2.13. The molecule has 0 aliphatic rings. The third kappa shape index (κ3) is 5.24. The summed E-state index contributed by atoms with van der Waals surface area (Å²) in [6.45, 7) is 3.58. The monoisotopic (exact) mass is 309 g/mol. The van der Waals surface area contributed by atoms with Gasteiger partial charge in [-0.1, -0.05) is 6.07 Å². The number of nitrogens with one attached hydrogen (secondary N) is 2. The van der Waals surface area contributed by atoms with Crippen LogP contribution >= 0.6 is 24.4 Å². The highest BCUT2D eigenvalue weighted by Gasteiger charge is 2.04. The first-order valence-electron chi connectivity index (χ1n) is 5.57. The van der Waals surface area contributed by atoms with Gasteiger partial charge in [0.1, 0.15) is 0 Å². The summed E-state index contributed by atoms with van der Waals surface area (Å²) in [5, 5.41) is 8.21. The lowest BCUT2D eigenvalue weighted by molar-refractivity contribution is 1.02. The number of hydrogen-bond donors (Lipinski definition) is 4. The van der Waals surface area contributed by atoms with Crippen molar-refractivity contribution in [2.24, 2.45) is 21.7 Å². The zero-order valence-electron chi connectivity index (χ0n) is 11.0. The fourth-order valence-corrected chi connectivity index (χ4v) is 1.32. The standard InChI is InChI=1S/C11H15N7S2/c1-6(15-17-10(12)19)8-4-3-5-9(14-8)7(2)16-18-11(13)20/h3-5H,1-2H3,(H3,12,17,19)(H3,13,18,20)/b15-6-,16-7+. The highest BCUT2D eigenvalue weighted by Crippen LogP contribution is 2.02. The number of nitrogens with two attached hydrogens (primary N) is 2. The minimum Gasteiger partial charge on any atom is -0.375 e. The molecule has 0 spiro atoms. The molecule has 0 aliphatic carbocycles. The average Bonchev–Trinajstić information content (AvgIpc) is 2.42. The van der Waals surface area contributed by atoms with Gasteiger partial charge in [-0.3, -0.25) is 10.9 Å². The van der Waals surface area contributed by atoms with Gasteiger partial charge >= 0.3 is 0 Å². The summed E-state index contributed by atoms with van der Waals surface area (Å²) in [7, 11) is 0. The van der Waals surface area contributed by atoms with E-state index in [9.17, 15) is 0 Å². The van der Waals surface area contributed by atoms with E-state index >= 15 is 0 Å². The number of rotatable bonds is 4. The van der Waals surface area contributed by atoms with Crippen molar-refractivity contribution >= 4 is 46.1 Å². The molecule has 0 bridgehead atoms. The van der Waals surface area contributed by atoms with Crippen molar-refractivity contribution in [3.05, 3.63) is 29.6 Å². The van der Waals surface area contributed by atoms with E-state index in [0.29, 0.717) is 22.8 Å². The van der Waals surface area contributed by atoms with Crippen LogP contribution < -0.4 is 22.3 Å². The zero-order chi connectivity index (χ0) is 15.1.